The topological polar surface area (TPSA) is 42.0 Å². The number of piperidine rings is 1. The number of carbonyl (C=O) groups is 1. The van der Waals surface area contributed by atoms with Gasteiger partial charge in [0.2, 0.25) is 0 Å². The zero-order valence-electron chi connectivity index (χ0n) is 25.2. The first kappa shape index (κ1) is 28.9. The van der Waals surface area contributed by atoms with Crippen LogP contribution in [-0.2, 0) is 26.8 Å². The molecule has 0 unspecified atom stereocenters. The molecule has 40 heavy (non-hydrogen) atoms. The van der Waals surface area contributed by atoms with Crippen molar-refractivity contribution in [3.63, 3.8) is 0 Å². The monoisotopic (exact) mass is 544 g/mol. The summed E-state index contributed by atoms with van der Waals surface area (Å²) in [5, 5.41) is 0. The molecule has 3 aliphatic carbocycles. The molecule has 2 fully saturated rings. The van der Waals surface area contributed by atoms with Gasteiger partial charge in [0.05, 0.1) is 13.7 Å². The second-order valence-electron chi connectivity index (χ2n) is 12.5. The average Bonchev–Trinajstić information content (AvgIpc) is 2.99. The first-order valence-corrected chi connectivity index (χ1v) is 15.3. The van der Waals surface area contributed by atoms with Gasteiger partial charge < -0.3 is 19.3 Å². The SMILES string of the molecule is CCOC(=O)[C@]1(c2ccccc2)CCC=C[C@H]1N(C)C.COc1ccc2c(c1)[C@]13CCCC[C@@H]1[C@H](C2)N(C)CC3. The number of allylic oxidation sites excluding steroid dienone is 1. The van der Waals surface area contributed by atoms with Crippen molar-refractivity contribution in [1.82, 2.24) is 9.80 Å². The van der Waals surface area contributed by atoms with Crippen LogP contribution >= 0.6 is 0 Å². The molecule has 216 valence electrons. The standard InChI is InChI=1S/C18H25NO.C17H23NO2/c1-19-10-9-18-8-4-3-5-15(18)17(19)11-13-6-7-14(20-2)12-16(13)18;1-4-20-16(19)17(14-10-6-5-7-11-14)13-9-8-12-15(17)18(2)3/h6-7,12,15,17H,3-5,8-11H2,1-2H3;5-8,10-12,15H,4,9,13H2,1-3H3/t15-,17+,18+;15-,17+/m11/s1. The highest BCUT2D eigenvalue weighted by atomic mass is 16.5. The van der Waals surface area contributed by atoms with Crippen molar-refractivity contribution in [3.05, 3.63) is 77.4 Å². The van der Waals surface area contributed by atoms with Crippen molar-refractivity contribution >= 4 is 5.97 Å². The largest absolute Gasteiger partial charge is 0.497 e. The number of benzene rings is 2. The summed E-state index contributed by atoms with van der Waals surface area (Å²) in [5.41, 5.74) is 4.11. The van der Waals surface area contributed by atoms with Gasteiger partial charge in [0.15, 0.2) is 0 Å². The highest BCUT2D eigenvalue weighted by molar-refractivity contribution is 5.85. The van der Waals surface area contributed by atoms with E-state index in [0.717, 1.165) is 36.1 Å². The molecule has 2 bridgehead atoms. The molecule has 0 N–H and O–H groups in total. The minimum atomic E-state index is -0.602. The summed E-state index contributed by atoms with van der Waals surface area (Å²) >= 11 is 0. The summed E-state index contributed by atoms with van der Waals surface area (Å²) in [7, 11) is 8.14. The van der Waals surface area contributed by atoms with Crippen LogP contribution in [-0.4, -0.2) is 69.3 Å². The number of methoxy groups -OCH3 is 1. The van der Waals surface area contributed by atoms with Crippen molar-refractivity contribution in [2.75, 3.05) is 41.4 Å². The molecule has 1 saturated carbocycles. The summed E-state index contributed by atoms with van der Waals surface area (Å²) in [6, 6.07) is 17.6. The number of carbonyl (C=O) groups excluding carboxylic acids is 1. The van der Waals surface area contributed by atoms with E-state index in [2.05, 4.69) is 47.2 Å². The van der Waals surface area contributed by atoms with Gasteiger partial charge in [-0.2, -0.15) is 0 Å². The van der Waals surface area contributed by atoms with Crippen molar-refractivity contribution in [3.8, 4) is 5.75 Å². The van der Waals surface area contributed by atoms with Gasteiger partial charge >= 0.3 is 5.97 Å². The molecule has 6 rings (SSSR count). The molecule has 0 radical (unpaired) electrons. The third-order valence-electron chi connectivity index (χ3n) is 10.3. The quantitative estimate of drug-likeness (QED) is 0.334. The summed E-state index contributed by atoms with van der Waals surface area (Å²) in [5.74, 6) is 1.80. The molecule has 0 aromatic heterocycles. The molecule has 1 heterocycles. The highest BCUT2D eigenvalue weighted by Crippen LogP contribution is 2.56. The number of ether oxygens (including phenoxy) is 2. The van der Waals surface area contributed by atoms with E-state index in [1.807, 2.05) is 51.4 Å². The third kappa shape index (κ3) is 5.00. The number of hydrogen-bond acceptors (Lipinski definition) is 5. The van der Waals surface area contributed by atoms with E-state index in [1.165, 1.54) is 45.1 Å². The van der Waals surface area contributed by atoms with Crippen molar-refractivity contribution in [1.29, 1.82) is 0 Å². The number of likely N-dealkylation sites (tertiary alicyclic amines) is 1. The van der Waals surface area contributed by atoms with Crippen molar-refractivity contribution in [2.24, 2.45) is 5.92 Å². The molecular formula is C35H48N2O3. The van der Waals surface area contributed by atoms with Crippen LogP contribution in [0.4, 0.5) is 0 Å². The Morgan fingerprint density at radius 3 is 2.60 bits per heavy atom. The Morgan fingerprint density at radius 2 is 1.88 bits per heavy atom. The number of likely N-dealkylation sites (N-methyl/N-ethyl adjacent to an activating group) is 2. The number of fused-ring (bicyclic) bond motifs is 1. The van der Waals surface area contributed by atoms with Crippen LogP contribution < -0.4 is 4.74 Å². The average molecular weight is 545 g/mol. The van der Waals surface area contributed by atoms with Gasteiger partial charge in [0.25, 0.3) is 0 Å². The molecule has 4 aliphatic rings. The lowest BCUT2D eigenvalue weighted by Gasteiger charge is -2.58. The van der Waals surface area contributed by atoms with Crippen LogP contribution in [0.25, 0.3) is 0 Å². The number of hydrogen-bond donors (Lipinski definition) is 0. The number of rotatable bonds is 5. The summed E-state index contributed by atoms with van der Waals surface area (Å²) in [6.45, 7) is 3.54. The maximum absolute atomic E-state index is 12.8. The van der Waals surface area contributed by atoms with E-state index in [4.69, 9.17) is 9.47 Å². The zero-order valence-corrected chi connectivity index (χ0v) is 25.2. The lowest BCUT2D eigenvalue weighted by atomic mass is 9.52. The van der Waals surface area contributed by atoms with Crippen LogP contribution in [0.1, 0.15) is 68.6 Å². The van der Waals surface area contributed by atoms with E-state index < -0.39 is 5.41 Å². The molecule has 2 aromatic carbocycles. The predicted octanol–water partition coefficient (Wildman–Crippen LogP) is 6.15. The van der Waals surface area contributed by atoms with Gasteiger partial charge in [-0.25, -0.2) is 0 Å². The lowest BCUT2D eigenvalue weighted by molar-refractivity contribution is -0.152. The minimum absolute atomic E-state index is 0.0256. The van der Waals surface area contributed by atoms with E-state index >= 15 is 0 Å². The van der Waals surface area contributed by atoms with Crippen LogP contribution in [0, 0.1) is 5.92 Å². The molecule has 2 aromatic rings. The predicted molar refractivity (Wildman–Crippen MR) is 162 cm³/mol. The second kappa shape index (κ2) is 12.1. The molecule has 5 heteroatoms. The fourth-order valence-corrected chi connectivity index (χ4v) is 8.42. The van der Waals surface area contributed by atoms with Gasteiger partial charge in [-0.15, -0.1) is 0 Å². The summed E-state index contributed by atoms with van der Waals surface area (Å²) in [6.07, 6.45) is 14.2. The Morgan fingerprint density at radius 1 is 1.07 bits per heavy atom. The Kier molecular flexibility index (Phi) is 8.72. The molecule has 5 nitrogen and oxygen atoms in total. The van der Waals surface area contributed by atoms with E-state index in [-0.39, 0.29) is 12.0 Å². The van der Waals surface area contributed by atoms with Crippen LogP contribution in [0.5, 0.6) is 5.75 Å². The Hall–Kier alpha value is -2.63. The van der Waals surface area contributed by atoms with Crippen LogP contribution in [0.15, 0.2) is 60.7 Å². The lowest BCUT2D eigenvalue weighted by Crippen LogP contribution is -2.59. The van der Waals surface area contributed by atoms with Gasteiger partial charge in [-0.1, -0.05) is 61.4 Å². The second-order valence-corrected chi connectivity index (χ2v) is 12.5. The normalized spacial score (nSPS) is 30.9. The molecule has 1 saturated heterocycles. The van der Waals surface area contributed by atoms with Gasteiger partial charge in [-0.05, 0) is 108 Å². The van der Waals surface area contributed by atoms with Gasteiger partial charge in [0, 0.05) is 17.5 Å². The van der Waals surface area contributed by atoms with Gasteiger partial charge in [0.1, 0.15) is 11.2 Å². The van der Waals surface area contributed by atoms with Gasteiger partial charge in [-0.3, -0.25) is 4.79 Å². The van der Waals surface area contributed by atoms with E-state index in [9.17, 15) is 4.79 Å². The number of esters is 1. The molecule has 0 spiro atoms. The third-order valence-corrected chi connectivity index (χ3v) is 10.3. The van der Waals surface area contributed by atoms with E-state index in [0.29, 0.717) is 12.0 Å². The molecule has 0 amide bonds. The molecule has 1 aliphatic heterocycles. The Labute approximate surface area is 241 Å². The minimum Gasteiger partial charge on any atom is -0.497 e. The Bertz CT molecular complexity index is 1190. The fourth-order valence-electron chi connectivity index (χ4n) is 8.42. The fraction of sp³-hybridized carbons (Fsp3) is 0.571. The van der Waals surface area contributed by atoms with E-state index in [1.54, 1.807) is 18.2 Å². The molecular weight excluding hydrogens is 496 g/mol. The van der Waals surface area contributed by atoms with Crippen LogP contribution in [0.2, 0.25) is 0 Å². The van der Waals surface area contributed by atoms with Crippen molar-refractivity contribution < 1.29 is 14.3 Å². The van der Waals surface area contributed by atoms with Crippen molar-refractivity contribution in [2.45, 2.75) is 81.2 Å². The zero-order chi connectivity index (χ0) is 28.3. The maximum atomic E-state index is 12.8. The van der Waals surface area contributed by atoms with Crippen LogP contribution in [0.3, 0.4) is 0 Å². The molecule has 5 atom stereocenters. The first-order chi connectivity index (χ1) is 19.4. The highest BCUT2D eigenvalue weighted by Gasteiger charge is 2.53. The summed E-state index contributed by atoms with van der Waals surface area (Å²) in [4.78, 5) is 17.5. The maximum Gasteiger partial charge on any atom is 0.318 e. The number of nitrogens with zero attached hydrogens (tertiary/aromatic N) is 2. The summed E-state index contributed by atoms with van der Waals surface area (Å²) < 4.78 is 10.9. The first-order valence-electron chi connectivity index (χ1n) is 15.3. The smallest absolute Gasteiger partial charge is 0.318 e. The Balaban J connectivity index is 0.000000161.